The van der Waals surface area contributed by atoms with Gasteiger partial charge in [-0.3, -0.25) is 19.3 Å². The first kappa shape index (κ1) is 22.7. The van der Waals surface area contributed by atoms with Crippen molar-refractivity contribution in [3.05, 3.63) is 59.7 Å². The number of hydrogen-bond donors (Lipinski definition) is 1. The summed E-state index contributed by atoms with van der Waals surface area (Å²) in [5, 5.41) is 2.75. The maximum atomic E-state index is 13.0. The minimum Gasteiger partial charge on any atom is -0.452 e. The van der Waals surface area contributed by atoms with Crippen molar-refractivity contribution in [3.8, 4) is 0 Å². The molecular weight excluding hydrogens is 420 g/mol. The largest absolute Gasteiger partial charge is 0.452 e. The number of carbonyl (C=O) groups is 4. The van der Waals surface area contributed by atoms with E-state index in [0.717, 1.165) is 18.4 Å². The van der Waals surface area contributed by atoms with E-state index in [9.17, 15) is 19.2 Å². The molecule has 172 valence electrons. The monoisotopic (exact) mass is 448 g/mol. The molecule has 7 heteroatoms. The molecule has 0 radical (unpaired) electrons. The summed E-state index contributed by atoms with van der Waals surface area (Å²) in [5.74, 6) is -1.68. The summed E-state index contributed by atoms with van der Waals surface area (Å²) >= 11 is 0. The van der Waals surface area contributed by atoms with E-state index in [4.69, 9.17) is 4.74 Å². The summed E-state index contributed by atoms with van der Waals surface area (Å²) in [6, 6.07) is 13.7. The summed E-state index contributed by atoms with van der Waals surface area (Å²) in [6.45, 7) is 3.65. The zero-order chi connectivity index (χ0) is 23.5. The lowest BCUT2D eigenvalue weighted by Crippen LogP contribution is -2.31. The number of fused-ring (bicyclic) bond motifs is 1. The lowest BCUT2D eigenvalue weighted by Gasteiger charge is -2.25. The highest BCUT2D eigenvalue weighted by Gasteiger charge is 2.50. The number of rotatable bonds is 6. The van der Waals surface area contributed by atoms with Crippen molar-refractivity contribution in [1.82, 2.24) is 0 Å². The van der Waals surface area contributed by atoms with E-state index in [2.05, 4.69) is 12.2 Å². The lowest BCUT2D eigenvalue weighted by molar-refractivity contribution is -0.122. The summed E-state index contributed by atoms with van der Waals surface area (Å²) in [6.07, 6.45) is 3.12. The first-order chi connectivity index (χ1) is 15.9. The third-order valence-corrected chi connectivity index (χ3v) is 6.53. The number of imide groups is 1. The molecule has 0 unspecified atom stereocenters. The predicted octanol–water partition coefficient (Wildman–Crippen LogP) is 3.97. The predicted molar refractivity (Wildman–Crippen MR) is 124 cm³/mol. The number of anilines is 2. The molecule has 0 aromatic heterocycles. The van der Waals surface area contributed by atoms with Crippen LogP contribution in [-0.2, 0) is 25.5 Å². The number of esters is 1. The van der Waals surface area contributed by atoms with Gasteiger partial charge in [-0.1, -0.05) is 38.1 Å². The van der Waals surface area contributed by atoms with E-state index >= 15 is 0 Å². The average Bonchev–Trinajstić information content (AvgIpc) is 3.07. The Labute approximate surface area is 193 Å². The van der Waals surface area contributed by atoms with Crippen LogP contribution in [0.15, 0.2) is 48.5 Å². The molecule has 4 rings (SSSR count). The number of nitrogens with one attached hydrogen (secondary N) is 1. The molecule has 7 nitrogen and oxygen atoms in total. The number of carbonyl (C=O) groups excluding carboxylic acids is 4. The van der Waals surface area contributed by atoms with Gasteiger partial charge in [-0.05, 0) is 61.4 Å². The van der Waals surface area contributed by atoms with Gasteiger partial charge in [0.25, 0.3) is 5.91 Å². The minimum absolute atomic E-state index is 0.179. The normalized spacial score (nSPS) is 22.1. The van der Waals surface area contributed by atoms with Crippen molar-refractivity contribution in [2.24, 2.45) is 17.8 Å². The van der Waals surface area contributed by atoms with Crippen LogP contribution in [0.4, 0.5) is 11.4 Å². The van der Waals surface area contributed by atoms with E-state index in [1.807, 2.05) is 25.1 Å². The molecule has 0 bridgehead atoms. The smallest absolute Gasteiger partial charge is 0.338 e. The number of para-hydroxylation sites is 1. The highest BCUT2D eigenvalue weighted by Crippen LogP contribution is 2.42. The number of benzene rings is 2. The molecular formula is C26H28N2O5. The van der Waals surface area contributed by atoms with Crippen LogP contribution in [0.5, 0.6) is 0 Å². The second-order valence-corrected chi connectivity index (χ2v) is 8.83. The minimum atomic E-state index is -0.694. The quantitative estimate of drug-likeness (QED) is 0.533. The van der Waals surface area contributed by atoms with Gasteiger partial charge in [-0.2, -0.15) is 0 Å². The molecule has 1 heterocycles. The molecule has 0 spiro atoms. The Bertz CT molecular complexity index is 1100. The Hall–Kier alpha value is -3.48. The maximum absolute atomic E-state index is 13.0. The molecule has 2 aromatic carbocycles. The number of nitrogens with zero attached hydrogens (tertiary/aromatic N) is 1. The first-order valence-corrected chi connectivity index (χ1v) is 11.4. The molecule has 2 fully saturated rings. The summed E-state index contributed by atoms with van der Waals surface area (Å²) < 4.78 is 5.18. The van der Waals surface area contributed by atoms with E-state index in [0.29, 0.717) is 30.1 Å². The van der Waals surface area contributed by atoms with Gasteiger partial charge in [0.2, 0.25) is 11.8 Å². The Morgan fingerprint density at radius 2 is 1.79 bits per heavy atom. The van der Waals surface area contributed by atoms with Gasteiger partial charge >= 0.3 is 5.97 Å². The third-order valence-electron chi connectivity index (χ3n) is 6.53. The molecule has 1 saturated carbocycles. The van der Waals surface area contributed by atoms with Crippen molar-refractivity contribution in [2.75, 3.05) is 16.8 Å². The Balaban J connectivity index is 1.41. The fourth-order valence-corrected chi connectivity index (χ4v) is 4.77. The molecule has 2 aliphatic rings. The zero-order valence-electron chi connectivity index (χ0n) is 18.9. The van der Waals surface area contributed by atoms with Gasteiger partial charge in [0.1, 0.15) is 0 Å². The maximum Gasteiger partial charge on any atom is 0.338 e. The molecule has 33 heavy (non-hydrogen) atoms. The van der Waals surface area contributed by atoms with E-state index < -0.39 is 18.5 Å². The third kappa shape index (κ3) is 4.67. The van der Waals surface area contributed by atoms with Crippen molar-refractivity contribution in [2.45, 2.75) is 39.5 Å². The second kappa shape index (κ2) is 9.57. The van der Waals surface area contributed by atoms with Crippen LogP contribution in [0.2, 0.25) is 0 Å². The van der Waals surface area contributed by atoms with Gasteiger partial charge in [-0.15, -0.1) is 0 Å². The number of amides is 3. The van der Waals surface area contributed by atoms with E-state index in [1.165, 1.54) is 17.0 Å². The Morgan fingerprint density at radius 1 is 1.03 bits per heavy atom. The summed E-state index contributed by atoms with van der Waals surface area (Å²) in [4.78, 5) is 51.9. The second-order valence-electron chi connectivity index (χ2n) is 8.83. The van der Waals surface area contributed by atoms with Crippen LogP contribution in [0.3, 0.4) is 0 Å². The number of hydrogen-bond acceptors (Lipinski definition) is 5. The van der Waals surface area contributed by atoms with Crippen LogP contribution in [-0.4, -0.2) is 30.3 Å². The van der Waals surface area contributed by atoms with Crippen molar-refractivity contribution in [1.29, 1.82) is 0 Å². The zero-order valence-corrected chi connectivity index (χ0v) is 18.9. The van der Waals surface area contributed by atoms with Gasteiger partial charge in [0.15, 0.2) is 6.61 Å². The summed E-state index contributed by atoms with van der Waals surface area (Å²) in [5.41, 5.74) is 2.21. The Kier molecular flexibility index (Phi) is 6.58. The highest BCUT2D eigenvalue weighted by molar-refractivity contribution is 6.22. The number of ether oxygens (including phenoxy) is 1. The van der Waals surface area contributed by atoms with Crippen LogP contribution in [0.25, 0.3) is 0 Å². The van der Waals surface area contributed by atoms with Crippen LogP contribution >= 0.6 is 0 Å². The van der Waals surface area contributed by atoms with Gasteiger partial charge in [0, 0.05) is 5.69 Å². The molecule has 3 atom stereocenters. The van der Waals surface area contributed by atoms with E-state index in [1.54, 1.807) is 18.2 Å². The molecule has 1 N–H and O–H groups in total. The van der Waals surface area contributed by atoms with Crippen molar-refractivity contribution in [3.63, 3.8) is 0 Å². The van der Waals surface area contributed by atoms with E-state index in [-0.39, 0.29) is 29.2 Å². The SMILES string of the molecule is CCc1ccccc1NC(=O)COC(=O)c1cccc(N2C(=O)[C@@H]3CC[C@H](C)C[C@H]3C2=O)c1. The van der Waals surface area contributed by atoms with Gasteiger partial charge in [0.05, 0.1) is 23.1 Å². The average molecular weight is 449 g/mol. The van der Waals surface area contributed by atoms with Crippen LogP contribution < -0.4 is 10.2 Å². The molecule has 1 aliphatic carbocycles. The summed E-state index contributed by atoms with van der Waals surface area (Å²) in [7, 11) is 0. The molecule has 2 aromatic rings. The van der Waals surface area contributed by atoms with Crippen LogP contribution in [0, 0.1) is 17.8 Å². The van der Waals surface area contributed by atoms with Crippen molar-refractivity contribution < 1.29 is 23.9 Å². The topological polar surface area (TPSA) is 92.8 Å². The van der Waals surface area contributed by atoms with Gasteiger partial charge < -0.3 is 10.1 Å². The number of aryl methyl sites for hydroxylation is 1. The highest BCUT2D eigenvalue weighted by atomic mass is 16.5. The fraction of sp³-hybridized carbons (Fsp3) is 0.385. The molecule has 3 amide bonds. The van der Waals surface area contributed by atoms with Crippen molar-refractivity contribution >= 4 is 35.1 Å². The Morgan fingerprint density at radius 3 is 2.58 bits per heavy atom. The first-order valence-electron chi connectivity index (χ1n) is 11.4. The van der Waals surface area contributed by atoms with Gasteiger partial charge in [-0.25, -0.2) is 4.79 Å². The lowest BCUT2D eigenvalue weighted by atomic mass is 9.76. The van der Waals surface area contributed by atoms with Crippen LogP contribution in [0.1, 0.15) is 49.0 Å². The standard InChI is InChI=1S/C26H28N2O5/c1-3-17-7-4-5-10-22(17)27-23(29)15-33-26(32)18-8-6-9-19(14-18)28-24(30)20-12-11-16(2)13-21(20)25(28)31/h4-10,14,16,20-21H,3,11-13,15H2,1-2H3,(H,27,29)/t16-,20+,21+/m0/s1. The fourth-order valence-electron chi connectivity index (χ4n) is 4.77. The molecule has 1 aliphatic heterocycles. The molecule has 1 saturated heterocycles.